The Hall–Kier alpha value is -3.16. The molecule has 0 radical (unpaired) electrons. The normalized spacial score (nSPS) is 16.5. The fraction of sp³-hybridized carbons (Fsp3) is 0.208. The molecule has 0 N–H and O–H groups in total. The number of amides is 1. The van der Waals surface area contributed by atoms with Gasteiger partial charge in [0.2, 0.25) is 5.91 Å². The molecule has 156 valence electrons. The smallest absolute Gasteiger partial charge is 0.219 e. The van der Waals surface area contributed by atoms with Gasteiger partial charge in [0.25, 0.3) is 0 Å². The summed E-state index contributed by atoms with van der Waals surface area (Å²) in [5.74, 6) is 0.816. The monoisotopic (exact) mass is 431 g/mol. The lowest BCUT2D eigenvalue weighted by molar-refractivity contribution is -0.133. The molecule has 1 amide bonds. The van der Waals surface area contributed by atoms with Gasteiger partial charge in [-0.1, -0.05) is 72.4 Å². The second kappa shape index (κ2) is 8.53. The highest BCUT2D eigenvalue weighted by atomic mass is 32.2. The van der Waals surface area contributed by atoms with Crippen LogP contribution >= 0.6 is 11.8 Å². The van der Waals surface area contributed by atoms with Crippen molar-refractivity contribution in [2.24, 2.45) is 0 Å². The Balaban J connectivity index is 1.60. The van der Waals surface area contributed by atoms with E-state index in [-0.39, 0.29) is 11.3 Å². The van der Waals surface area contributed by atoms with Crippen LogP contribution in [0.1, 0.15) is 6.92 Å². The first-order chi connectivity index (χ1) is 15.2. The minimum atomic E-state index is -0.207. The molecule has 0 bridgehead atoms. The lowest BCUT2D eigenvalue weighted by Gasteiger charge is -2.31. The molecule has 2 aromatic heterocycles. The predicted octanol–water partition coefficient (Wildman–Crippen LogP) is 4.85. The molecule has 0 aliphatic carbocycles. The van der Waals surface area contributed by atoms with Crippen LogP contribution in [0.15, 0.2) is 76.4 Å². The highest BCUT2D eigenvalue weighted by Gasteiger charge is 2.27. The zero-order chi connectivity index (χ0) is 21.2. The topological polar surface area (TPSA) is 68.5 Å². The Morgan fingerprint density at radius 1 is 1.03 bits per heavy atom. The van der Waals surface area contributed by atoms with E-state index in [0.717, 1.165) is 28.0 Å². The summed E-state index contributed by atoms with van der Waals surface area (Å²) >= 11 is 1.47. The van der Waals surface area contributed by atoms with Gasteiger partial charge in [0.1, 0.15) is 28.1 Å². The third kappa shape index (κ3) is 3.94. The molecule has 0 spiro atoms. The molecule has 7 heteroatoms. The van der Waals surface area contributed by atoms with Crippen LogP contribution in [0.25, 0.3) is 33.6 Å². The number of morpholine rings is 1. The molecular weight excluding hydrogens is 410 g/mol. The van der Waals surface area contributed by atoms with Gasteiger partial charge in [-0.15, -0.1) is 0 Å². The molecule has 31 heavy (non-hydrogen) atoms. The van der Waals surface area contributed by atoms with Crippen molar-refractivity contribution < 1.29 is 13.9 Å². The van der Waals surface area contributed by atoms with Crippen molar-refractivity contribution in [3.05, 3.63) is 67.0 Å². The minimum absolute atomic E-state index is 0.0532. The minimum Gasteiger partial charge on any atom is -0.451 e. The number of rotatable bonds is 4. The van der Waals surface area contributed by atoms with Crippen molar-refractivity contribution in [3.63, 3.8) is 0 Å². The van der Waals surface area contributed by atoms with E-state index in [9.17, 15) is 4.79 Å². The van der Waals surface area contributed by atoms with Gasteiger partial charge in [-0.2, -0.15) is 0 Å². The molecule has 0 saturated carbocycles. The van der Waals surface area contributed by atoms with E-state index in [4.69, 9.17) is 9.15 Å². The molecule has 1 unspecified atom stereocenters. The van der Waals surface area contributed by atoms with Crippen LogP contribution < -0.4 is 0 Å². The summed E-state index contributed by atoms with van der Waals surface area (Å²) in [7, 11) is 0. The maximum Gasteiger partial charge on any atom is 0.219 e. The van der Waals surface area contributed by atoms with E-state index in [0.29, 0.717) is 30.3 Å². The van der Waals surface area contributed by atoms with E-state index in [2.05, 4.69) is 22.1 Å². The summed E-state index contributed by atoms with van der Waals surface area (Å²) in [5, 5.41) is 0.708. The van der Waals surface area contributed by atoms with Crippen LogP contribution in [0.3, 0.4) is 0 Å². The van der Waals surface area contributed by atoms with Crippen LogP contribution in [0, 0.1) is 0 Å². The molecule has 5 rings (SSSR count). The number of furan rings is 1. The molecular formula is C24H21N3O3S. The van der Waals surface area contributed by atoms with Crippen LogP contribution in [-0.4, -0.2) is 45.9 Å². The number of aromatic nitrogens is 2. The number of hydrogen-bond acceptors (Lipinski definition) is 6. The van der Waals surface area contributed by atoms with Crippen LogP contribution in [0.5, 0.6) is 0 Å². The van der Waals surface area contributed by atoms with Crippen molar-refractivity contribution in [3.8, 4) is 22.5 Å². The number of carbonyl (C=O) groups excluding carboxylic acids is 1. The van der Waals surface area contributed by atoms with Crippen molar-refractivity contribution in [1.82, 2.24) is 14.9 Å². The summed E-state index contributed by atoms with van der Waals surface area (Å²) in [6, 6.07) is 20.1. The van der Waals surface area contributed by atoms with Gasteiger partial charge in [-0.05, 0) is 5.56 Å². The molecule has 1 aliphatic heterocycles. The van der Waals surface area contributed by atoms with Gasteiger partial charge in [0.15, 0.2) is 5.58 Å². The third-order valence-electron chi connectivity index (χ3n) is 5.26. The van der Waals surface area contributed by atoms with Gasteiger partial charge >= 0.3 is 0 Å². The first-order valence-corrected chi connectivity index (χ1v) is 11.0. The molecule has 1 atom stereocenters. The maximum absolute atomic E-state index is 11.8. The highest BCUT2D eigenvalue weighted by Crippen LogP contribution is 2.42. The fourth-order valence-corrected chi connectivity index (χ4v) is 4.76. The second-order valence-corrected chi connectivity index (χ2v) is 8.43. The van der Waals surface area contributed by atoms with Gasteiger partial charge < -0.3 is 14.1 Å². The standard InChI is InChI=1S/C24H21N3O3S/c1-16(28)27-12-13-29-19(14-27)31-24-23-21(25-15-26-24)20(17-8-4-2-5-9-17)22(30-23)18-10-6-3-7-11-18/h2-11,15,19H,12-14H2,1H3. The van der Waals surface area contributed by atoms with Crippen molar-refractivity contribution in [2.75, 3.05) is 19.7 Å². The first kappa shape index (κ1) is 19.8. The predicted molar refractivity (Wildman–Crippen MR) is 121 cm³/mol. The number of fused-ring (bicyclic) bond motifs is 1. The van der Waals surface area contributed by atoms with Crippen molar-refractivity contribution in [2.45, 2.75) is 17.4 Å². The van der Waals surface area contributed by atoms with E-state index in [1.165, 1.54) is 11.8 Å². The Morgan fingerprint density at radius 3 is 2.45 bits per heavy atom. The van der Waals surface area contributed by atoms with Crippen LogP contribution in [0.4, 0.5) is 0 Å². The number of hydrogen-bond donors (Lipinski definition) is 0. The van der Waals surface area contributed by atoms with Gasteiger partial charge in [0, 0.05) is 19.0 Å². The van der Waals surface area contributed by atoms with E-state index in [1.807, 2.05) is 48.5 Å². The average molecular weight is 432 g/mol. The molecule has 1 aliphatic rings. The Kier molecular flexibility index (Phi) is 5.44. The summed E-state index contributed by atoms with van der Waals surface area (Å²) in [6.45, 7) is 3.22. The van der Waals surface area contributed by atoms with E-state index >= 15 is 0 Å². The summed E-state index contributed by atoms with van der Waals surface area (Å²) in [6.07, 6.45) is 1.56. The average Bonchev–Trinajstić information content (AvgIpc) is 3.21. The Bertz CT molecular complexity index is 1210. The van der Waals surface area contributed by atoms with Gasteiger partial charge in [-0.3, -0.25) is 4.79 Å². The fourth-order valence-electron chi connectivity index (χ4n) is 3.74. The molecule has 3 heterocycles. The van der Waals surface area contributed by atoms with E-state index < -0.39 is 0 Å². The molecule has 1 fully saturated rings. The molecule has 2 aromatic carbocycles. The SMILES string of the molecule is CC(=O)N1CCOC(Sc2ncnc3c(-c4ccccc4)c(-c4ccccc4)oc23)C1. The first-order valence-electron chi connectivity index (χ1n) is 10.1. The summed E-state index contributed by atoms with van der Waals surface area (Å²) in [4.78, 5) is 22.7. The Morgan fingerprint density at radius 2 is 1.74 bits per heavy atom. The largest absolute Gasteiger partial charge is 0.451 e. The number of thioether (sulfide) groups is 1. The quantitative estimate of drug-likeness (QED) is 0.430. The zero-order valence-electron chi connectivity index (χ0n) is 17.0. The Labute approximate surface area is 184 Å². The number of ether oxygens (including phenoxy) is 1. The van der Waals surface area contributed by atoms with Crippen molar-refractivity contribution in [1.29, 1.82) is 0 Å². The van der Waals surface area contributed by atoms with Gasteiger partial charge in [0.05, 0.1) is 18.7 Å². The van der Waals surface area contributed by atoms with Crippen LogP contribution in [-0.2, 0) is 9.53 Å². The number of nitrogens with zero attached hydrogens (tertiary/aromatic N) is 3. The molecule has 4 aromatic rings. The highest BCUT2D eigenvalue weighted by molar-refractivity contribution is 7.99. The lowest BCUT2D eigenvalue weighted by Crippen LogP contribution is -2.43. The molecule has 1 saturated heterocycles. The number of carbonyl (C=O) groups is 1. The summed E-state index contributed by atoms with van der Waals surface area (Å²) in [5.41, 5.74) is 4.15. The third-order valence-corrected chi connectivity index (χ3v) is 6.32. The van der Waals surface area contributed by atoms with Gasteiger partial charge in [-0.25, -0.2) is 9.97 Å². The lowest BCUT2D eigenvalue weighted by atomic mass is 10.0. The number of benzene rings is 2. The zero-order valence-corrected chi connectivity index (χ0v) is 17.8. The molecule has 6 nitrogen and oxygen atoms in total. The maximum atomic E-state index is 11.8. The van der Waals surface area contributed by atoms with E-state index in [1.54, 1.807) is 18.2 Å². The second-order valence-electron chi connectivity index (χ2n) is 7.28. The van der Waals surface area contributed by atoms with Crippen LogP contribution in [0.2, 0.25) is 0 Å². The summed E-state index contributed by atoms with van der Waals surface area (Å²) < 4.78 is 12.3. The van der Waals surface area contributed by atoms with Crippen molar-refractivity contribution >= 4 is 28.8 Å².